The van der Waals surface area contributed by atoms with Crippen molar-refractivity contribution in [3.63, 3.8) is 0 Å². The van der Waals surface area contributed by atoms with Crippen molar-refractivity contribution < 1.29 is 14.3 Å². The van der Waals surface area contributed by atoms with Crippen LogP contribution in [0.15, 0.2) is 42.5 Å². The lowest BCUT2D eigenvalue weighted by atomic mass is 10.3. The van der Waals surface area contributed by atoms with Crippen LogP contribution in [0.1, 0.15) is 25.8 Å². The molecule has 5 nitrogen and oxygen atoms in total. The van der Waals surface area contributed by atoms with Gasteiger partial charge in [0, 0.05) is 25.8 Å². The highest BCUT2D eigenvalue weighted by Crippen LogP contribution is 2.17. The van der Waals surface area contributed by atoms with Gasteiger partial charge in [-0.05, 0) is 30.7 Å². The van der Waals surface area contributed by atoms with Crippen LogP contribution in [-0.4, -0.2) is 39.1 Å². The van der Waals surface area contributed by atoms with Gasteiger partial charge in [0.25, 0.3) is 5.91 Å². The summed E-state index contributed by atoms with van der Waals surface area (Å²) in [5.41, 5.74) is 1.15. The van der Waals surface area contributed by atoms with Gasteiger partial charge in [0.2, 0.25) is 0 Å². The maximum atomic E-state index is 12.0. The van der Waals surface area contributed by atoms with E-state index in [0.29, 0.717) is 16.3 Å². The van der Waals surface area contributed by atoms with Crippen LogP contribution in [0, 0.1) is 0 Å². The third-order valence-corrected chi connectivity index (χ3v) is 4.43. The predicted octanol–water partition coefficient (Wildman–Crippen LogP) is 2.79. The van der Waals surface area contributed by atoms with E-state index in [9.17, 15) is 9.59 Å². The number of hydrogen-bond acceptors (Lipinski definition) is 5. The van der Waals surface area contributed by atoms with E-state index >= 15 is 0 Å². The van der Waals surface area contributed by atoms with Crippen LogP contribution in [0.2, 0.25) is 0 Å². The van der Waals surface area contributed by atoms with E-state index in [1.807, 2.05) is 25.2 Å². The van der Waals surface area contributed by atoms with Crippen molar-refractivity contribution in [2.24, 2.45) is 0 Å². The Bertz CT molecular complexity index is 655. The number of thiophene rings is 1. The standard InChI is InChI=1S/C17H20N2O3S/c1-19(13-7-4-3-5-8-13)12-6-11-18-16(20)14-9-10-15(23-14)17(21)22-2/h3-5,7-10H,6,11-12H2,1-2H3,(H,18,20). The Labute approximate surface area is 139 Å². The van der Waals surface area contributed by atoms with E-state index < -0.39 is 5.97 Å². The zero-order valence-corrected chi connectivity index (χ0v) is 14.1. The van der Waals surface area contributed by atoms with Crippen LogP contribution in [0.4, 0.5) is 5.69 Å². The van der Waals surface area contributed by atoms with Crippen LogP contribution in [0.25, 0.3) is 0 Å². The Morgan fingerprint density at radius 2 is 1.83 bits per heavy atom. The van der Waals surface area contributed by atoms with Crippen molar-refractivity contribution >= 4 is 28.9 Å². The minimum Gasteiger partial charge on any atom is -0.465 e. The number of methoxy groups -OCH3 is 1. The quantitative estimate of drug-likeness (QED) is 0.626. The Hall–Kier alpha value is -2.34. The summed E-state index contributed by atoms with van der Waals surface area (Å²) < 4.78 is 4.63. The zero-order chi connectivity index (χ0) is 16.7. The molecule has 0 spiro atoms. The van der Waals surface area contributed by atoms with Gasteiger partial charge in [-0.3, -0.25) is 4.79 Å². The minimum absolute atomic E-state index is 0.160. The summed E-state index contributed by atoms with van der Waals surface area (Å²) in [4.78, 5) is 26.5. The maximum absolute atomic E-state index is 12.0. The number of rotatable bonds is 7. The summed E-state index contributed by atoms with van der Waals surface area (Å²) in [5.74, 6) is -0.578. The van der Waals surface area contributed by atoms with Crippen molar-refractivity contribution in [2.45, 2.75) is 6.42 Å². The van der Waals surface area contributed by atoms with Crippen molar-refractivity contribution in [3.05, 3.63) is 52.2 Å². The first-order chi connectivity index (χ1) is 11.1. The van der Waals surface area contributed by atoms with E-state index in [1.165, 1.54) is 7.11 Å². The average Bonchev–Trinajstić information content (AvgIpc) is 3.08. The molecule has 1 aromatic heterocycles. The Morgan fingerprint density at radius 1 is 1.13 bits per heavy atom. The first-order valence-corrected chi connectivity index (χ1v) is 8.16. The highest BCUT2D eigenvalue weighted by Gasteiger charge is 2.13. The molecule has 1 aromatic carbocycles. The SMILES string of the molecule is COC(=O)c1ccc(C(=O)NCCCN(C)c2ccccc2)s1. The zero-order valence-electron chi connectivity index (χ0n) is 13.2. The summed E-state index contributed by atoms with van der Waals surface area (Å²) in [6.07, 6.45) is 0.840. The summed E-state index contributed by atoms with van der Waals surface area (Å²) >= 11 is 1.14. The van der Waals surface area contributed by atoms with E-state index in [-0.39, 0.29) is 5.91 Å². The molecule has 1 heterocycles. The monoisotopic (exact) mass is 332 g/mol. The topological polar surface area (TPSA) is 58.6 Å². The smallest absolute Gasteiger partial charge is 0.348 e. The molecule has 122 valence electrons. The highest BCUT2D eigenvalue weighted by molar-refractivity contribution is 7.15. The van der Waals surface area contributed by atoms with Crippen LogP contribution in [-0.2, 0) is 4.74 Å². The van der Waals surface area contributed by atoms with Crippen LogP contribution < -0.4 is 10.2 Å². The molecular weight excluding hydrogens is 312 g/mol. The lowest BCUT2D eigenvalue weighted by Crippen LogP contribution is -2.27. The Morgan fingerprint density at radius 3 is 2.52 bits per heavy atom. The maximum Gasteiger partial charge on any atom is 0.348 e. The number of para-hydroxylation sites is 1. The van der Waals surface area contributed by atoms with Gasteiger partial charge in [-0.15, -0.1) is 11.3 Å². The van der Waals surface area contributed by atoms with Crippen LogP contribution in [0.3, 0.4) is 0 Å². The molecule has 0 unspecified atom stereocenters. The molecule has 0 saturated carbocycles. The van der Waals surface area contributed by atoms with E-state index in [0.717, 1.165) is 30.0 Å². The lowest BCUT2D eigenvalue weighted by molar-refractivity contribution is 0.0606. The molecule has 1 N–H and O–H groups in total. The van der Waals surface area contributed by atoms with Gasteiger partial charge < -0.3 is 15.0 Å². The number of nitrogens with one attached hydrogen (secondary N) is 1. The molecule has 0 radical (unpaired) electrons. The van der Waals surface area contributed by atoms with E-state index in [1.54, 1.807) is 12.1 Å². The molecular formula is C17H20N2O3S. The van der Waals surface area contributed by atoms with Gasteiger partial charge in [0.1, 0.15) is 4.88 Å². The number of carbonyl (C=O) groups is 2. The van der Waals surface area contributed by atoms with Crippen molar-refractivity contribution in [1.29, 1.82) is 0 Å². The van der Waals surface area contributed by atoms with Gasteiger partial charge in [-0.2, -0.15) is 0 Å². The number of benzene rings is 1. The molecule has 0 fully saturated rings. The van der Waals surface area contributed by atoms with E-state index in [2.05, 4.69) is 27.1 Å². The van der Waals surface area contributed by atoms with Crippen LogP contribution in [0.5, 0.6) is 0 Å². The summed E-state index contributed by atoms with van der Waals surface area (Å²) in [6.45, 7) is 1.43. The molecule has 2 rings (SSSR count). The normalized spacial score (nSPS) is 10.2. The number of nitrogens with zero attached hydrogens (tertiary/aromatic N) is 1. The lowest BCUT2D eigenvalue weighted by Gasteiger charge is -2.19. The summed E-state index contributed by atoms with van der Waals surface area (Å²) in [5, 5.41) is 2.87. The van der Waals surface area contributed by atoms with Gasteiger partial charge in [-0.1, -0.05) is 18.2 Å². The molecule has 0 aliphatic carbocycles. The average molecular weight is 332 g/mol. The number of carbonyl (C=O) groups excluding carboxylic acids is 2. The van der Waals surface area contributed by atoms with Gasteiger partial charge in [0.15, 0.2) is 0 Å². The molecule has 6 heteroatoms. The number of anilines is 1. The third-order valence-electron chi connectivity index (χ3n) is 3.37. The van der Waals surface area contributed by atoms with Gasteiger partial charge in [0.05, 0.1) is 12.0 Å². The molecule has 0 aliphatic rings. The fourth-order valence-electron chi connectivity index (χ4n) is 2.09. The molecule has 23 heavy (non-hydrogen) atoms. The number of hydrogen-bond donors (Lipinski definition) is 1. The highest BCUT2D eigenvalue weighted by atomic mass is 32.1. The second-order valence-electron chi connectivity index (χ2n) is 5.02. The van der Waals surface area contributed by atoms with Crippen LogP contribution >= 0.6 is 11.3 Å². The van der Waals surface area contributed by atoms with Gasteiger partial charge >= 0.3 is 5.97 Å². The number of ether oxygens (including phenoxy) is 1. The van der Waals surface area contributed by atoms with Crippen molar-refractivity contribution in [1.82, 2.24) is 5.32 Å². The first-order valence-electron chi connectivity index (χ1n) is 7.34. The minimum atomic E-state index is -0.418. The number of amides is 1. The van der Waals surface area contributed by atoms with Gasteiger partial charge in [-0.25, -0.2) is 4.79 Å². The second kappa shape index (κ2) is 8.33. The third kappa shape index (κ3) is 4.82. The predicted molar refractivity (Wildman–Crippen MR) is 92.3 cm³/mol. The van der Waals surface area contributed by atoms with Crippen molar-refractivity contribution in [2.75, 3.05) is 32.1 Å². The second-order valence-corrected chi connectivity index (χ2v) is 6.11. The Kier molecular flexibility index (Phi) is 6.17. The fraction of sp³-hybridized carbons (Fsp3) is 0.294. The molecule has 0 aliphatic heterocycles. The summed E-state index contributed by atoms with van der Waals surface area (Å²) in [7, 11) is 3.35. The molecule has 2 aromatic rings. The largest absolute Gasteiger partial charge is 0.465 e. The van der Waals surface area contributed by atoms with Crippen molar-refractivity contribution in [3.8, 4) is 0 Å². The molecule has 0 bridgehead atoms. The molecule has 0 atom stereocenters. The summed E-state index contributed by atoms with van der Waals surface area (Å²) in [6, 6.07) is 13.3. The van der Waals surface area contributed by atoms with E-state index in [4.69, 9.17) is 0 Å². The Balaban J connectivity index is 1.74. The fourth-order valence-corrected chi connectivity index (χ4v) is 2.93. The number of esters is 1. The first kappa shape index (κ1) is 17.0. The molecule has 1 amide bonds. The molecule has 0 saturated heterocycles.